The van der Waals surface area contributed by atoms with E-state index in [1.807, 2.05) is 0 Å². The maximum Gasteiger partial charge on any atom is 0.338 e. The Balaban J connectivity index is 2.47. The molecule has 1 aliphatic heterocycles. The average Bonchev–Trinajstić information content (AvgIpc) is 2.86. The standard InChI is InChI=1S/C12H15N3O4/c13-6-8-4-5-14(7-8)11-9(12(16)17)2-1-3-10(11)15(18)19/h1-3,8H,4-7,13H2,(H,16,17). The van der Waals surface area contributed by atoms with Gasteiger partial charge in [-0.2, -0.15) is 0 Å². The van der Waals surface area contributed by atoms with E-state index in [2.05, 4.69) is 0 Å². The molecule has 0 radical (unpaired) electrons. The summed E-state index contributed by atoms with van der Waals surface area (Å²) in [6.45, 7) is 1.65. The van der Waals surface area contributed by atoms with Gasteiger partial charge in [-0.05, 0) is 24.9 Å². The number of carboxylic acids is 1. The Bertz CT molecular complexity index is 485. The zero-order valence-corrected chi connectivity index (χ0v) is 10.3. The summed E-state index contributed by atoms with van der Waals surface area (Å²) >= 11 is 0. The van der Waals surface area contributed by atoms with E-state index in [0.717, 1.165) is 6.42 Å². The van der Waals surface area contributed by atoms with Gasteiger partial charge in [0, 0.05) is 19.2 Å². The van der Waals surface area contributed by atoms with E-state index in [0.29, 0.717) is 19.6 Å². The number of anilines is 1. The Labute approximate surface area is 109 Å². The van der Waals surface area contributed by atoms with Crippen LogP contribution in [0.4, 0.5) is 11.4 Å². The summed E-state index contributed by atoms with van der Waals surface area (Å²) in [6, 6.07) is 4.11. The first-order chi connectivity index (χ1) is 9.04. The second-order valence-electron chi connectivity index (χ2n) is 4.57. The highest BCUT2D eigenvalue weighted by atomic mass is 16.6. The number of benzene rings is 1. The number of nitro groups is 1. The molecule has 1 atom stereocenters. The quantitative estimate of drug-likeness (QED) is 0.622. The summed E-state index contributed by atoms with van der Waals surface area (Å²) in [6.07, 6.45) is 0.821. The van der Waals surface area contributed by atoms with Crippen molar-refractivity contribution in [2.45, 2.75) is 6.42 Å². The Morgan fingerprint density at radius 2 is 2.32 bits per heavy atom. The molecule has 7 heteroatoms. The summed E-state index contributed by atoms with van der Waals surface area (Å²) < 4.78 is 0. The fraction of sp³-hybridized carbons (Fsp3) is 0.417. The molecule has 1 fully saturated rings. The zero-order valence-electron chi connectivity index (χ0n) is 10.3. The third kappa shape index (κ3) is 2.50. The van der Waals surface area contributed by atoms with Crippen LogP contribution in [-0.4, -0.2) is 35.6 Å². The van der Waals surface area contributed by atoms with Crippen LogP contribution in [0.3, 0.4) is 0 Å². The molecule has 1 unspecified atom stereocenters. The van der Waals surface area contributed by atoms with Crippen LogP contribution >= 0.6 is 0 Å². The van der Waals surface area contributed by atoms with Crippen molar-refractivity contribution in [1.82, 2.24) is 0 Å². The number of para-hydroxylation sites is 1. The van der Waals surface area contributed by atoms with E-state index in [1.54, 1.807) is 4.90 Å². The van der Waals surface area contributed by atoms with Crippen LogP contribution < -0.4 is 10.6 Å². The van der Waals surface area contributed by atoms with Crippen LogP contribution in [-0.2, 0) is 0 Å². The van der Waals surface area contributed by atoms with Crippen molar-refractivity contribution < 1.29 is 14.8 Å². The highest BCUT2D eigenvalue weighted by molar-refractivity contribution is 5.97. The van der Waals surface area contributed by atoms with Crippen molar-refractivity contribution >= 4 is 17.3 Å². The third-order valence-corrected chi connectivity index (χ3v) is 3.38. The molecule has 0 saturated carbocycles. The molecule has 2 rings (SSSR count). The first-order valence-corrected chi connectivity index (χ1v) is 6.00. The van der Waals surface area contributed by atoms with E-state index in [4.69, 9.17) is 5.73 Å². The first kappa shape index (κ1) is 13.3. The topological polar surface area (TPSA) is 110 Å². The minimum absolute atomic E-state index is 0.0353. The van der Waals surface area contributed by atoms with Gasteiger partial charge in [-0.1, -0.05) is 6.07 Å². The van der Waals surface area contributed by atoms with E-state index in [-0.39, 0.29) is 22.9 Å². The molecule has 0 spiro atoms. The van der Waals surface area contributed by atoms with Crippen LogP contribution in [0, 0.1) is 16.0 Å². The number of carbonyl (C=O) groups is 1. The monoisotopic (exact) mass is 265 g/mol. The predicted molar refractivity (Wildman–Crippen MR) is 69.4 cm³/mol. The molecule has 0 amide bonds. The minimum atomic E-state index is -1.16. The van der Waals surface area contributed by atoms with Gasteiger partial charge >= 0.3 is 5.97 Å². The molecule has 1 aliphatic rings. The van der Waals surface area contributed by atoms with Crippen LogP contribution in [0.5, 0.6) is 0 Å². The number of carboxylic acid groups (broad SMARTS) is 1. The number of hydrogen-bond donors (Lipinski definition) is 2. The fourth-order valence-electron chi connectivity index (χ4n) is 2.41. The van der Waals surface area contributed by atoms with Crippen LogP contribution in [0.15, 0.2) is 18.2 Å². The molecule has 1 aromatic rings. The number of nitrogens with zero attached hydrogens (tertiary/aromatic N) is 2. The average molecular weight is 265 g/mol. The van der Waals surface area contributed by atoms with Gasteiger partial charge in [0.2, 0.25) is 0 Å². The predicted octanol–water partition coefficient (Wildman–Crippen LogP) is 1.08. The number of rotatable bonds is 4. The molecular weight excluding hydrogens is 250 g/mol. The Morgan fingerprint density at radius 3 is 2.84 bits per heavy atom. The van der Waals surface area contributed by atoms with Gasteiger partial charge in [-0.25, -0.2) is 4.79 Å². The van der Waals surface area contributed by atoms with E-state index in [9.17, 15) is 20.0 Å². The van der Waals surface area contributed by atoms with Crippen molar-refractivity contribution in [1.29, 1.82) is 0 Å². The molecule has 0 aromatic heterocycles. The van der Waals surface area contributed by atoms with Crippen molar-refractivity contribution in [2.24, 2.45) is 11.7 Å². The molecule has 0 bridgehead atoms. The van der Waals surface area contributed by atoms with Gasteiger partial charge in [-0.15, -0.1) is 0 Å². The van der Waals surface area contributed by atoms with Gasteiger partial charge in [0.1, 0.15) is 5.69 Å². The number of aromatic carboxylic acids is 1. The summed E-state index contributed by atoms with van der Waals surface area (Å²) in [5, 5.41) is 20.2. The molecule has 7 nitrogen and oxygen atoms in total. The molecule has 0 aliphatic carbocycles. The molecule has 102 valence electrons. The van der Waals surface area contributed by atoms with Crippen molar-refractivity contribution in [3.63, 3.8) is 0 Å². The first-order valence-electron chi connectivity index (χ1n) is 6.00. The lowest BCUT2D eigenvalue weighted by Crippen LogP contribution is -2.25. The summed E-state index contributed by atoms with van der Waals surface area (Å²) in [5.41, 5.74) is 5.58. The third-order valence-electron chi connectivity index (χ3n) is 3.38. The summed E-state index contributed by atoms with van der Waals surface area (Å²) in [4.78, 5) is 23.5. The van der Waals surface area contributed by atoms with Crippen LogP contribution in [0.25, 0.3) is 0 Å². The van der Waals surface area contributed by atoms with Crippen LogP contribution in [0.2, 0.25) is 0 Å². The molecule has 1 aromatic carbocycles. The summed E-state index contributed by atoms with van der Waals surface area (Å²) in [5.74, 6) is -0.906. The van der Waals surface area contributed by atoms with Gasteiger partial charge < -0.3 is 15.7 Å². The minimum Gasteiger partial charge on any atom is -0.478 e. The number of nitro benzene ring substituents is 1. The van der Waals surface area contributed by atoms with Crippen molar-refractivity contribution in [2.75, 3.05) is 24.5 Å². The number of hydrogen-bond acceptors (Lipinski definition) is 5. The Kier molecular flexibility index (Phi) is 3.66. The fourth-order valence-corrected chi connectivity index (χ4v) is 2.41. The zero-order chi connectivity index (χ0) is 14.0. The lowest BCUT2D eigenvalue weighted by molar-refractivity contribution is -0.384. The molecule has 1 saturated heterocycles. The molecular formula is C12H15N3O4. The van der Waals surface area contributed by atoms with Crippen LogP contribution in [0.1, 0.15) is 16.8 Å². The Morgan fingerprint density at radius 1 is 1.58 bits per heavy atom. The second kappa shape index (κ2) is 5.23. The maximum atomic E-state index is 11.2. The number of nitrogens with two attached hydrogens (primary N) is 1. The SMILES string of the molecule is NCC1CCN(c2c(C(=O)O)cccc2[N+](=O)[O-])C1. The molecule has 3 N–H and O–H groups in total. The highest BCUT2D eigenvalue weighted by Gasteiger charge is 2.30. The lowest BCUT2D eigenvalue weighted by Gasteiger charge is -2.20. The highest BCUT2D eigenvalue weighted by Crippen LogP contribution is 2.35. The summed E-state index contributed by atoms with van der Waals surface area (Å²) in [7, 11) is 0. The smallest absolute Gasteiger partial charge is 0.338 e. The Hall–Kier alpha value is -2.15. The lowest BCUT2D eigenvalue weighted by atomic mass is 10.1. The second-order valence-corrected chi connectivity index (χ2v) is 4.57. The molecule has 1 heterocycles. The largest absolute Gasteiger partial charge is 0.478 e. The van der Waals surface area contributed by atoms with Gasteiger partial charge in [0.05, 0.1) is 10.5 Å². The maximum absolute atomic E-state index is 11.2. The van der Waals surface area contributed by atoms with E-state index < -0.39 is 10.9 Å². The van der Waals surface area contributed by atoms with Crippen molar-refractivity contribution in [3.8, 4) is 0 Å². The normalized spacial score (nSPS) is 18.6. The van der Waals surface area contributed by atoms with Gasteiger partial charge in [-0.3, -0.25) is 10.1 Å². The van der Waals surface area contributed by atoms with E-state index in [1.165, 1.54) is 18.2 Å². The van der Waals surface area contributed by atoms with Gasteiger partial charge in [0.25, 0.3) is 5.69 Å². The van der Waals surface area contributed by atoms with Crippen molar-refractivity contribution in [3.05, 3.63) is 33.9 Å². The van der Waals surface area contributed by atoms with Gasteiger partial charge in [0.15, 0.2) is 0 Å². The van der Waals surface area contributed by atoms with E-state index >= 15 is 0 Å². The molecule has 19 heavy (non-hydrogen) atoms.